The molecule has 0 radical (unpaired) electrons. The highest BCUT2D eigenvalue weighted by Gasteiger charge is 2.45. The Morgan fingerprint density at radius 1 is 0.580 bits per heavy atom. The lowest BCUT2D eigenvalue weighted by Gasteiger charge is -2.46. The first-order valence-electron chi connectivity index (χ1n) is 21.5. The van der Waals surface area contributed by atoms with Crippen LogP contribution >= 0.6 is 0 Å². The lowest BCUT2D eigenvalue weighted by Crippen LogP contribution is -2.58. The summed E-state index contributed by atoms with van der Waals surface area (Å²) in [6.07, 6.45) is -18.6. The predicted octanol–water partition coefficient (Wildman–Crippen LogP) is 14.7. The molecule has 6 rings (SSSR count). The van der Waals surface area contributed by atoms with E-state index in [1.54, 1.807) is 13.8 Å². The zero-order valence-corrected chi connectivity index (χ0v) is 37.4. The fraction of sp³-hybridized carbons (Fsp3) is 0.510. The van der Waals surface area contributed by atoms with E-state index < -0.39 is 87.3 Å². The number of ether oxygens (including phenoxy) is 3. The number of esters is 1. The highest BCUT2D eigenvalue weighted by molar-refractivity contribution is 5.66. The van der Waals surface area contributed by atoms with Gasteiger partial charge < -0.3 is 24.6 Å². The smallest absolute Gasteiger partial charge is 0.416 e. The molecule has 1 saturated heterocycles. The summed E-state index contributed by atoms with van der Waals surface area (Å²) in [6.45, 7) is 8.12. The molecule has 0 aromatic heterocycles. The van der Waals surface area contributed by atoms with Crippen molar-refractivity contribution in [3.63, 3.8) is 0 Å². The molecule has 1 unspecified atom stereocenters. The number of hydrogen-bond donors (Lipinski definition) is 2. The summed E-state index contributed by atoms with van der Waals surface area (Å²) in [4.78, 5) is 11.5. The van der Waals surface area contributed by atoms with Gasteiger partial charge in [0.2, 0.25) is 0 Å². The number of nitrogens with one attached hydrogen (secondary N) is 1. The van der Waals surface area contributed by atoms with E-state index in [1.807, 2.05) is 60.7 Å². The summed E-state index contributed by atoms with van der Waals surface area (Å²) in [5.41, 5.74) is -6.89. The van der Waals surface area contributed by atoms with Crippen LogP contribution in [0.25, 0.3) is 0 Å². The Kier molecular flexibility index (Phi) is 18.9. The second kappa shape index (κ2) is 22.2. The van der Waals surface area contributed by atoms with Crippen molar-refractivity contribution in [1.29, 1.82) is 0 Å². The molecule has 0 spiro atoms. The number of carbonyl (C=O) groups excluding carboxylic acids is 1. The van der Waals surface area contributed by atoms with E-state index in [9.17, 15) is 62.6 Å². The van der Waals surface area contributed by atoms with Gasteiger partial charge >= 0.3 is 30.7 Å². The second-order valence-corrected chi connectivity index (χ2v) is 18.1. The molecule has 2 N–H and O–H groups in total. The van der Waals surface area contributed by atoms with Crippen molar-refractivity contribution in [1.82, 2.24) is 5.32 Å². The van der Waals surface area contributed by atoms with Crippen LogP contribution in [0.15, 0.2) is 97.1 Å². The van der Waals surface area contributed by atoms with Crippen LogP contribution in [0, 0.1) is 0 Å². The standard InChI is InChI=1S/C25H27F6NO3.C24H26F6O2.2CH4/c1-16(18-11-20(24(26,27)28)13-21(12-18)25(29,30)31)34-15-23(19-7-5-4-6-8-19)10-9-22(3,14-32-23)35-17(2)33;1-16(17-12-19(23(25,26)27)14-20(13-17)24(28,29)30)32-15-22(18-6-4-3-5-7-18)10-8-21(2,31)9-11-22;;/h4-8,11-13,16,32H,9-10,14-15H2,1-3H3;3-7,12-14,16,31H,8-11,15H2,1-2H3;2*1H4/t16-,22?,23-;16-,21?,22?;;/m11../s1. The van der Waals surface area contributed by atoms with E-state index in [4.69, 9.17) is 14.2 Å². The molecule has 0 bridgehead atoms. The lowest BCUT2D eigenvalue weighted by molar-refractivity contribution is -0.159. The summed E-state index contributed by atoms with van der Waals surface area (Å²) >= 11 is 0. The van der Waals surface area contributed by atoms with Gasteiger partial charge in [-0.1, -0.05) is 75.5 Å². The Hall–Kier alpha value is -4.65. The van der Waals surface area contributed by atoms with E-state index in [2.05, 4.69) is 5.32 Å². The summed E-state index contributed by atoms with van der Waals surface area (Å²) in [5.74, 6) is -0.420. The number of alkyl halides is 12. The number of benzene rings is 4. The predicted molar refractivity (Wildman–Crippen MR) is 238 cm³/mol. The number of hydrogen-bond acceptors (Lipinski definition) is 6. The van der Waals surface area contributed by atoms with Crippen molar-refractivity contribution in [2.75, 3.05) is 19.8 Å². The third-order valence-electron chi connectivity index (χ3n) is 12.6. The van der Waals surface area contributed by atoms with Gasteiger partial charge in [0.1, 0.15) is 5.60 Å². The first kappa shape index (κ1) is 58.7. The molecule has 1 aliphatic heterocycles. The summed E-state index contributed by atoms with van der Waals surface area (Å²) in [5, 5.41) is 13.7. The monoisotopic (exact) mass is 995 g/mol. The van der Waals surface area contributed by atoms with Crippen molar-refractivity contribution < 1.29 is 76.8 Å². The van der Waals surface area contributed by atoms with E-state index in [-0.39, 0.29) is 51.3 Å². The molecular formula is C51H61F12NO5. The third-order valence-corrected chi connectivity index (χ3v) is 12.6. The fourth-order valence-corrected chi connectivity index (χ4v) is 8.40. The van der Waals surface area contributed by atoms with E-state index >= 15 is 0 Å². The van der Waals surface area contributed by atoms with Gasteiger partial charge in [0.25, 0.3) is 0 Å². The number of aliphatic hydroxyl groups is 1. The van der Waals surface area contributed by atoms with Crippen LogP contribution in [0.3, 0.4) is 0 Å². The van der Waals surface area contributed by atoms with Gasteiger partial charge in [-0.15, -0.1) is 0 Å². The van der Waals surface area contributed by atoms with Gasteiger partial charge in [-0.3, -0.25) is 4.79 Å². The minimum absolute atomic E-state index is 0. The molecule has 1 saturated carbocycles. The molecule has 69 heavy (non-hydrogen) atoms. The van der Waals surface area contributed by atoms with Crippen LogP contribution in [-0.4, -0.2) is 42.0 Å². The zero-order valence-electron chi connectivity index (χ0n) is 37.4. The van der Waals surface area contributed by atoms with Gasteiger partial charge in [-0.05, 0) is 125 Å². The van der Waals surface area contributed by atoms with Crippen LogP contribution in [0.2, 0.25) is 0 Å². The van der Waals surface area contributed by atoms with Gasteiger partial charge in [0.05, 0.1) is 58.8 Å². The molecule has 4 aromatic carbocycles. The second-order valence-electron chi connectivity index (χ2n) is 18.1. The van der Waals surface area contributed by atoms with Crippen molar-refractivity contribution in [3.8, 4) is 0 Å². The van der Waals surface area contributed by atoms with Crippen LogP contribution < -0.4 is 5.32 Å². The SMILES string of the molecule is C.C.CC(=O)OC1(C)CC[C@@](CO[C@H](C)c2cc(C(F)(F)F)cc(C(F)(F)F)c2)(c2ccccc2)NC1.C[C@@H](OCC1(c2ccccc2)CCC(C)(O)CC1)c1cc(C(F)(F)F)cc(C(F)(F)F)c1. The molecule has 18 heteroatoms. The van der Waals surface area contributed by atoms with Gasteiger partial charge in [0, 0.05) is 18.9 Å². The lowest BCUT2D eigenvalue weighted by atomic mass is 9.66. The Balaban J connectivity index is 0.000000356. The Bertz CT molecular complexity index is 2190. The van der Waals surface area contributed by atoms with Crippen molar-refractivity contribution in [3.05, 3.63) is 142 Å². The summed E-state index contributed by atoms with van der Waals surface area (Å²) in [7, 11) is 0. The molecule has 6 nitrogen and oxygen atoms in total. The fourth-order valence-electron chi connectivity index (χ4n) is 8.40. The zero-order chi connectivity index (χ0) is 49.9. The van der Waals surface area contributed by atoms with Crippen LogP contribution in [0.4, 0.5) is 52.7 Å². The van der Waals surface area contributed by atoms with Crippen LogP contribution in [0.1, 0.15) is 145 Å². The highest BCUT2D eigenvalue weighted by atomic mass is 19.4. The van der Waals surface area contributed by atoms with Crippen LogP contribution in [0.5, 0.6) is 0 Å². The molecule has 4 aromatic rings. The molecule has 1 aliphatic carbocycles. The molecule has 384 valence electrons. The summed E-state index contributed by atoms with van der Waals surface area (Å²) < 4.78 is 176. The van der Waals surface area contributed by atoms with E-state index in [0.29, 0.717) is 69.3 Å². The number of rotatable bonds is 11. The molecule has 1 heterocycles. The minimum Gasteiger partial charge on any atom is -0.458 e. The van der Waals surface area contributed by atoms with Crippen molar-refractivity contribution >= 4 is 5.97 Å². The number of halogens is 12. The minimum atomic E-state index is -4.94. The van der Waals surface area contributed by atoms with Crippen molar-refractivity contribution in [2.45, 2.75) is 147 Å². The van der Waals surface area contributed by atoms with Crippen LogP contribution in [-0.2, 0) is 54.7 Å². The Labute approximate surface area is 395 Å². The van der Waals surface area contributed by atoms with E-state index in [0.717, 1.165) is 11.1 Å². The average Bonchev–Trinajstić information content (AvgIpc) is 3.25. The topological polar surface area (TPSA) is 77.0 Å². The summed E-state index contributed by atoms with van der Waals surface area (Å²) in [6, 6.07) is 21.7. The van der Waals surface area contributed by atoms with Gasteiger partial charge in [-0.25, -0.2) is 0 Å². The highest BCUT2D eigenvalue weighted by Crippen LogP contribution is 2.45. The number of carbonyl (C=O) groups is 1. The van der Waals surface area contributed by atoms with Crippen molar-refractivity contribution in [2.24, 2.45) is 0 Å². The van der Waals surface area contributed by atoms with Gasteiger partial charge in [-0.2, -0.15) is 52.7 Å². The normalized spacial score (nSPS) is 24.1. The maximum absolute atomic E-state index is 13.3. The quantitative estimate of drug-likeness (QED) is 0.115. The first-order valence-corrected chi connectivity index (χ1v) is 21.5. The maximum atomic E-state index is 13.3. The van der Waals surface area contributed by atoms with E-state index in [1.165, 1.54) is 20.8 Å². The number of piperidine rings is 1. The third kappa shape index (κ3) is 15.4. The maximum Gasteiger partial charge on any atom is 0.416 e. The molecular weight excluding hydrogens is 935 g/mol. The molecule has 0 amide bonds. The van der Waals surface area contributed by atoms with Gasteiger partial charge in [0.15, 0.2) is 0 Å². The average molecular weight is 996 g/mol. The molecule has 2 fully saturated rings. The first-order chi connectivity index (χ1) is 30.9. The molecule has 2 aliphatic rings. The Morgan fingerprint density at radius 2 is 0.957 bits per heavy atom. The molecule has 4 atom stereocenters. The Morgan fingerprint density at radius 3 is 1.30 bits per heavy atom. The largest absolute Gasteiger partial charge is 0.458 e.